The number of rotatable bonds is 7. The van der Waals surface area contributed by atoms with Crippen molar-refractivity contribution in [3.8, 4) is 5.75 Å². The highest BCUT2D eigenvalue weighted by Gasteiger charge is 2.22. The maximum atomic E-state index is 12.3. The number of hydrogen-bond donors (Lipinski definition) is 2. The fourth-order valence-electron chi connectivity index (χ4n) is 2.75. The lowest BCUT2D eigenvalue weighted by molar-refractivity contribution is -0.145. The molecule has 0 bridgehead atoms. The highest BCUT2D eigenvalue weighted by molar-refractivity contribution is 5.96. The van der Waals surface area contributed by atoms with E-state index in [1.807, 2.05) is 13.8 Å². The van der Waals surface area contributed by atoms with Gasteiger partial charge in [0.15, 0.2) is 0 Å². The lowest BCUT2D eigenvalue weighted by atomic mass is 10.1. The number of aliphatic carboxylic acids is 1. The Kier molecular flexibility index (Phi) is 5.97. The minimum Gasteiger partial charge on any atom is -0.478 e. The molecule has 2 N–H and O–H groups in total. The zero-order valence-corrected chi connectivity index (χ0v) is 16.0. The molecule has 29 heavy (non-hydrogen) atoms. The number of carboxylic acid groups (broad SMARTS) is 1. The van der Waals surface area contributed by atoms with Crippen LogP contribution in [0.4, 0.5) is 0 Å². The number of fused-ring (bicyclic) bond motifs is 1. The summed E-state index contributed by atoms with van der Waals surface area (Å²) < 4.78 is 10.9. The van der Waals surface area contributed by atoms with Gasteiger partial charge in [-0.1, -0.05) is 37.3 Å². The highest BCUT2D eigenvalue weighted by Crippen LogP contribution is 2.26. The zero-order chi connectivity index (χ0) is 21.0. The summed E-state index contributed by atoms with van der Waals surface area (Å²) in [5, 5.41) is 12.7. The largest absolute Gasteiger partial charge is 0.478 e. The van der Waals surface area contributed by atoms with Crippen molar-refractivity contribution in [3.63, 3.8) is 0 Å². The molecule has 1 heterocycles. The first-order valence-corrected chi connectivity index (χ1v) is 9.22. The van der Waals surface area contributed by atoms with Crippen LogP contribution < -0.4 is 15.7 Å². The smallest absolute Gasteiger partial charge is 0.349 e. The maximum absolute atomic E-state index is 12.3. The fourth-order valence-corrected chi connectivity index (χ4v) is 2.75. The van der Waals surface area contributed by atoms with Crippen molar-refractivity contribution in [2.24, 2.45) is 0 Å². The van der Waals surface area contributed by atoms with Crippen molar-refractivity contribution in [2.45, 2.75) is 32.4 Å². The van der Waals surface area contributed by atoms with E-state index < -0.39 is 23.6 Å². The van der Waals surface area contributed by atoms with Gasteiger partial charge in [0.05, 0.1) is 0 Å². The average molecular weight is 395 g/mol. The third-order valence-electron chi connectivity index (χ3n) is 4.52. The molecule has 0 aliphatic carbocycles. The Labute approximate surface area is 166 Å². The average Bonchev–Trinajstić information content (AvgIpc) is 2.71. The van der Waals surface area contributed by atoms with Gasteiger partial charge < -0.3 is 19.6 Å². The molecule has 0 saturated carbocycles. The second-order valence-corrected chi connectivity index (χ2v) is 6.68. The Hall–Kier alpha value is -3.61. The third kappa shape index (κ3) is 4.63. The first-order chi connectivity index (χ1) is 13.9. The molecule has 1 amide bonds. The van der Waals surface area contributed by atoms with Gasteiger partial charge in [0, 0.05) is 23.1 Å². The fraction of sp³-hybridized carbons (Fsp3) is 0.227. The van der Waals surface area contributed by atoms with E-state index in [2.05, 4.69) is 5.32 Å². The standard InChI is InChI=1S/C22H21NO6/c1-3-13(2)23-20(24)17-11-15-9-10-16(12-18(15)29-22(17)27)28-19(21(25)26)14-7-5-4-6-8-14/h4-13,19H,3H2,1-2H3,(H,23,24)(H,25,26). The van der Waals surface area contributed by atoms with Crippen molar-refractivity contribution in [3.05, 3.63) is 76.1 Å². The van der Waals surface area contributed by atoms with Crippen molar-refractivity contribution < 1.29 is 23.8 Å². The van der Waals surface area contributed by atoms with Gasteiger partial charge in [0.2, 0.25) is 6.10 Å². The molecule has 0 aliphatic rings. The number of carbonyl (C=O) groups excluding carboxylic acids is 1. The number of benzene rings is 2. The molecule has 1 aromatic heterocycles. The number of carbonyl (C=O) groups is 2. The summed E-state index contributed by atoms with van der Waals surface area (Å²) in [4.78, 5) is 36.1. The molecule has 3 rings (SSSR count). The van der Waals surface area contributed by atoms with E-state index in [0.717, 1.165) is 6.42 Å². The maximum Gasteiger partial charge on any atom is 0.349 e. The molecular formula is C22H21NO6. The Bertz CT molecular complexity index is 1090. The number of nitrogens with one attached hydrogen (secondary N) is 1. The molecule has 0 saturated heterocycles. The van der Waals surface area contributed by atoms with E-state index in [9.17, 15) is 19.5 Å². The summed E-state index contributed by atoms with van der Waals surface area (Å²) in [6.07, 6.45) is -0.474. The predicted octanol–water partition coefficient (Wildman–Crippen LogP) is 3.53. The van der Waals surface area contributed by atoms with Gasteiger partial charge in [-0.2, -0.15) is 0 Å². The van der Waals surface area contributed by atoms with Crippen molar-refractivity contribution in [1.29, 1.82) is 0 Å². The molecule has 150 valence electrons. The van der Waals surface area contributed by atoms with E-state index in [1.54, 1.807) is 42.5 Å². The van der Waals surface area contributed by atoms with Crippen LogP contribution in [0.25, 0.3) is 11.0 Å². The van der Waals surface area contributed by atoms with Crippen LogP contribution in [0.5, 0.6) is 5.75 Å². The monoisotopic (exact) mass is 395 g/mol. The van der Waals surface area contributed by atoms with Crippen LogP contribution in [0.1, 0.15) is 42.3 Å². The van der Waals surface area contributed by atoms with E-state index in [1.165, 1.54) is 12.1 Å². The van der Waals surface area contributed by atoms with Gasteiger partial charge in [-0.3, -0.25) is 4.79 Å². The Morgan fingerprint density at radius 2 is 1.86 bits per heavy atom. The van der Waals surface area contributed by atoms with Gasteiger partial charge in [0.25, 0.3) is 5.91 Å². The van der Waals surface area contributed by atoms with Gasteiger partial charge in [-0.15, -0.1) is 0 Å². The van der Waals surface area contributed by atoms with Gasteiger partial charge in [-0.25, -0.2) is 9.59 Å². The van der Waals surface area contributed by atoms with Crippen molar-refractivity contribution in [2.75, 3.05) is 0 Å². The first-order valence-electron chi connectivity index (χ1n) is 9.22. The van der Waals surface area contributed by atoms with Crippen molar-refractivity contribution in [1.82, 2.24) is 5.32 Å². The van der Waals surface area contributed by atoms with Gasteiger partial charge in [-0.05, 0) is 31.5 Å². The molecule has 0 radical (unpaired) electrons. The molecule has 2 aromatic carbocycles. The van der Waals surface area contributed by atoms with Crippen LogP contribution in [0.3, 0.4) is 0 Å². The molecule has 0 fully saturated rings. The second-order valence-electron chi connectivity index (χ2n) is 6.68. The molecular weight excluding hydrogens is 374 g/mol. The van der Waals surface area contributed by atoms with E-state index in [0.29, 0.717) is 10.9 Å². The van der Waals surface area contributed by atoms with E-state index in [4.69, 9.17) is 9.15 Å². The third-order valence-corrected chi connectivity index (χ3v) is 4.52. The normalized spacial score (nSPS) is 12.9. The molecule has 0 spiro atoms. The number of ether oxygens (including phenoxy) is 1. The topological polar surface area (TPSA) is 106 Å². The minimum atomic E-state index is -1.21. The van der Waals surface area contributed by atoms with Crippen molar-refractivity contribution >= 4 is 22.8 Å². The summed E-state index contributed by atoms with van der Waals surface area (Å²) in [6.45, 7) is 3.77. The number of carboxylic acids is 1. The molecule has 2 atom stereocenters. The Morgan fingerprint density at radius 1 is 1.14 bits per heavy atom. The summed E-state index contributed by atoms with van der Waals surface area (Å²) in [5.41, 5.74) is -0.170. The second kappa shape index (κ2) is 8.60. The predicted molar refractivity (Wildman–Crippen MR) is 107 cm³/mol. The van der Waals surface area contributed by atoms with Crippen LogP contribution >= 0.6 is 0 Å². The lowest BCUT2D eigenvalue weighted by Gasteiger charge is -2.15. The molecule has 0 aliphatic heterocycles. The molecule has 3 aromatic rings. The Balaban J connectivity index is 1.90. The molecule has 7 heteroatoms. The quantitative estimate of drug-likeness (QED) is 0.593. The summed E-state index contributed by atoms with van der Waals surface area (Å²) >= 11 is 0. The first kappa shape index (κ1) is 20.1. The highest BCUT2D eigenvalue weighted by atomic mass is 16.5. The molecule has 2 unspecified atom stereocenters. The Morgan fingerprint density at radius 3 is 2.52 bits per heavy atom. The minimum absolute atomic E-state index is 0.0701. The summed E-state index contributed by atoms with van der Waals surface area (Å²) in [5.74, 6) is -1.41. The zero-order valence-electron chi connectivity index (χ0n) is 16.0. The number of hydrogen-bond acceptors (Lipinski definition) is 5. The number of amides is 1. The van der Waals surface area contributed by atoms with Gasteiger partial charge >= 0.3 is 11.6 Å². The summed E-state index contributed by atoms with van der Waals surface area (Å²) in [6, 6.07) is 14.5. The van der Waals surface area contributed by atoms with Crippen LogP contribution in [-0.2, 0) is 4.79 Å². The van der Waals surface area contributed by atoms with E-state index >= 15 is 0 Å². The van der Waals surface area contributed by atoms with Gasteiger partial charge in [0.1, 0.15) is 16.9 Å². The summed E-state index contributed by atoms with van der Waals surface area (Å²) in [7, 11) is 0. The van der Waals surface area contributed by atoms with Crippen LogP contribution in [0.2, 0.25) is 0 Å². The van der Waals surface area contributed by atoms with Crippen LogP contribution in [0, 0.1) is 0 Å². The lowest BCUT2D eigenvalue weighted by Crippen LogP contribution is -2.34. The van der Waals surface area contributed by atoms with Crippen LogP contribution in [-0.4, -0.2) is 23.0 Å². The SMILES string of the molecule is CCC(C)NC(=O)c1cc2ccc(OC(C(=O)O)c3ccccc3)cc2oc1=O. The molecule has 7 nitrogen and oxygen atoms in total. The van der Waals surface area contributed by atoms with E-state index in [-0.39, 0.29) is 22.9 Å². The van der Waals surface area contributed by atoms with Crippen LogP contribution in [0.15, 0.2) is 63.8 Å².